The molecule has 1 aliphatic heterocycles. The Kier molecular flexibility index (Phi) is 6.70. The molecule has 2 rings (SSSR count). The third-order valence-electron chi connectivity index (χ3n) is 4.20. The molecule has 1 heterocycles. The molecule has 0 aromatic heterocycles. The minimum atomic E-state index is -0.642. The molecule has 1 saturated heterocycles. The van der Waals surface area contributed by atoms with Crippen LogP contribution in [0, 0.1) is 5.92 Å². The van der Waals surface area contributed by atoms with Crippen LogP contribution >= 0.6 is 11.6 Å². The van der Waals surface area contributed by atoms with Gasteiger partial charge in [-0.25, -0.2) is 5.48 Å². The average Bonchev–Trinajstić information content (AvgIpc) is 2.93. The summed E-state index contributed by atoms with van der Waals surface area (Å²) in [5.41, 5.74) is 1.92. The first-order valence-corrected chi connectivity index (χ1v) is 8.53. The molecule has 1 aromatic carbocycles. The van der Waals surface area contributed by atoms with Crippen molar-refractivity contribution in [3.05, 3.63) is 34.9 Å². The number of rotatable bonds is 7. The van der Waals surface area contributed by atoms with Gasteiger partial charge < -0.3 is 5.32 Å². The first kappa shape index (κ1) is 19.9. The van der Waals surface area contributed by atoms with Crippen molar-refractivity contribution in [1.29, 1.82) is 0 Å². The molecule has 0 aliphatic carbocycles. The van der Waals surface area contributed by atoms with Gasteiger partial charge in [0.15, 0.2) is 0 Å². The van der Waals surface area contributed by atoms with Gasteiger partial charge in [0.1, 0.15) is 0 Å². The molecule has 0 saturated carbocycles. The minimum Gasteiger partial charge on any atom is -0.347 e. The monoisotopic (exact) mass is 381 g/mol. The summed E-state index contributed by atoms with van der Waals surface area (Å²) >= 11 is 5.81. The molecule has 0 bridgehead atoms. The van der Waals surface area contributed by atoms with Crippen LogP contribution in [0.2, 0.25) is 5.02 Å². The number of hydroxylamine groups is 1. The van der Waals surface area contributed by atoms with Gasteiger partial charge in [-0.1, -0.05) is 18.5 Å². The Hall–Kier alpha value is -2.45. The van der Waals surface area contributed by atoms with Crippen molar-refractivity contribution in [2.45, 2.75) is 32.2 Å². The van der Waals surface area contributed by atoms with Crippen molar-refractivity contribution in [1.82, 2.24) is 15.7 Å². The van der Waals surface area contributed by atoms with Crippen LogP contribution in [0.25, 0.3) is 0 Å². The number of carbonyl (C=O) groups excluding carboxylic acids is 4. The molecule has 140 valence electrons. The van der Waals surface area contributed by atoms with E-state index in [1.807, 2.05) is 0 Å². The maximum absolute atomic E-state index is 12.4. The molecule has 8 nitrogen and oxygen atoms in total. The zero-order valence-electron chi connectivity index (χ0n) is 14.2. The normalized spacial score (nSPS) is 16.3. The van der Waals surface area contributed by atoms with Crippen molar-refractivity contribution in [2.24, 2.45) is 5.92 Å². The number of halogens is 1. The lowest BCUT2D eigenvalue weighted by Crippen LogP contribution is -2.47. The van der Waals surface area contributed by atoms with E-state index in [-0.39, 0.29) is 37.6 Å². The second-order valence-electron chi connectivity index (χ2n) is 6.19. The quantitative estimate of drug-likeness (QED) is 0.372. The van der Waals surface area contributed by atoms with Crippen LogP contribution in [0.15, 0.2) is 24.3 Å². The van der Waals surface area contributed by atoms with Gasteiger partial charge in [0, 0.05) is 41.9 Å². The van der Waals surface area contributed by atoms with E-state index in [4.69, 9.17) is 16.8 Å². The van der Waals surface area contributed by atoms with Gasteiger partial charge in [-0.05, 0) is 30.7 Å². The topological polar surface area (TPSA) is 116 Å². The Morgan fingerprint density at radius 2 is 1.77 bits per heavy atom. The number of likely N-dealkylation sites (tertiary alicyclic amines) is 1. The fraction of sp³-hybridized carbons (Fsp3) is 0.412. The molecular formula is C17H20ClN3O5. The van der Waals surface area contributed by atoms with E-state index in [1.54, 1.807) is 36.7 Å². The highest BCUT2D eigenvalue weighted by Gasteiger charge is 2.32. The van der Waals surface area contributed by atoms with E-state index in [9.17, 15) is 19.2 Å². The van der Waals surface area contributed by atoms with Crippen molar-refractivity contribution >= 4 is 35.2 Å². The zero-order valence-corrected chi connectivity index (χ0v) is 15.0. The van der Waals surface area contributed by atoms with Crippen LogP contribution in [0.1, 0.15) is 36.5 Å². The first-order valence-electron chi connectivity index (χ1n) is 8.15. The van der Waals surface area contributed by atoms with Crippen molar-refractivity contribution in [3.8, 4) is 0 Å². The molecule has 2 unspecified atom stereocenters. The fourth-order valence-electron chi connectivity index (χ4n) is 2.74. The number of nitrogens with zero attached hydrogens (tertiary/aromatic N) is 1. The largest absolute Gasteiger partial charge is 0.347 e. The van der Waals surface area contributed by atoms with Gasteiger partial charge in [0.2, 0.25) is 17.7 Å². The Morgan fingerprint density at radius 1 is 1.19 bits per heavy atom. The molecule has 1 aliphatic rings. The lowest BCUT2D eigenvalue weighted by molar-refractivity contribution is -0.138. The highest BCUT2D eigenvalue weighted by molar-refractivity contribution is 6.30. The van der Waals surface area contributed by atoms with Gasteiger partial charge in [-0.15, -0.1) is 0 Å². The van der Waals surface area contributed by atoms with Gasteiger partial charge in [-0.2, -0.15) is 0 Å². The van der Waals surface area contributed by atoms with Gasteiger partial charge in [0.25, 0.3) is 5.91 Å². The van der Waals surface area contributed by atoms with Crippen molar-refractivity contribution in [3.63, 3.8) is 0 Å². The van der Waals surface area contributed by atoms with Crippen molar-refractivity contribution in [2.75, 3.05) is 6.54 Å². The molecule has 3 N–H and O–H groups in total. The third kappa shape index (κ3) is 5.03. The smallest absolute Gasteiger partial charge is 0.251 e. The minimum absolute atomic E-state index is 0.0277. The molecule has 26 heavy (non-hydrogen) atoms. The molecule has 0 spiro atoms. The van der Waals surface area contributed by atoms with Crippen molar-refractivity contribution < 1.29 is 24.4 Å². The van der Waals surface area contributed by atoms with E-state index in [1.165, 1.54) is 0 Å². The summed E-state index contributed by atoms with van der Waals surface area (Å²) in [4.78, 5) is 48.8. The number of nitrogens with one attached hydrogen (secondary N) is 2. The van der Waals surface area contributed by atoms with Gasteiger partial charge in [0.05, 0.1) is 0 Å². The van der Waals surface area contributed by atoms with Crippen LogP contribution in [-0.4, -0.2) is 46.3 Å². The Morgan fingerprint density at radius 3 is 2.31 bits per heavy atom. The maximum atomic E-state index is 12.4. The van der Waals surface area contributed by atoms with E-state index in [0.717, 1.165) is 4.90 Å². The molecular weight excluding hydrogens is 362 g/mol. The molecule has 2 atom stereocenters. The number of benzene rings is 1. The number of hydrogen-bond donors (Lipinski definition) is 3. The Bertz CT molecular complexity index is 691. The maximum Gasteiger partial charge on any atom is 0.251 e. The van der Waals surface area contributed by atoms with Crippen LogP contribution in [0.3, 0.4) is 0 Å². The van der Waals surface area contributed by atoms with E-state index < -0.39 is 23.8 Å². The summed E-state index contributed by atoms with van der Waals surface area (Å²) < 4.78 is 0. The summed E-state index contributed by atoms with van der Waals surface area (Å²) in [6, 6.07) is 5.59. The number of hydrogen-bond acceptors (Lipinski definition) is 5. The van der Waals surface area contributed by atoms with E-state index in [2.05, 4.69) is 5.32 Å². The number of imide groups is 1. The second-order valence-corrected chi connectivity index (χ2v) is 6.62. The summed E-state index contributed by atoms with van der Waals surface area (Å²) in [5, 5.41) is 12.0. The summed E-state index contributed by atoms with van der Waals surface area (Å²) in [6.45, 7) is 1.54. The lowest BCUT2D eigenvalue weighted by atomic mass is 10.00. The zero-order chi connectivity index (χ0) is 19.3. The highest BCUT2D eigenvalue weighted by atomic mass is 35.5. The summed E-state index contributed by atoms with van der Waals surface area (Å²) in [5.74, 6) is -2.28. The molecule has 1 aromatic rings. The molecule has 1 fully saturated rings. The molecule has 4 amide bonds. The number of carbonyl (C=O) groups is 4. The number of amides is 4. The SMILES string of the molecule is CC(CC(CN1C(=O)CCC1=O)NC(=O)c1ccc(Cl)cc1)C(=O)NO. The summed E-state index contributed by atoms with van der Waals surface area (Å²) in [6.07, 6.45) is 0.426. The Balaban J connectivity index is 2.12. The van der Waals surface area contributed by atoms with E-state index >= 15 is 0 Å². The van der Waals surface area contributed by atoms with Gasteiger partial charge in [-0.3, -0.25) is 29.3 Å². The third-order valence-corrected chi connectivity index (χ3v) is 4.45. The first-order chi connectivity index (χ1) is 12.3. The molecule has 0 radical (unpaired) electrons. The standard InChI is InChI=1S/C17H20ClN3O5/c1-10(16(24)20-26)8-13(9-21-14(22)6-7-15(21)23)19-17(25)11-2-4-12(18)5-3-11/h2-5,10,13,26H,6-9H2,1H3,(H,19,25)(H,20,24). The Labute approximate surface area is 155 Å². The van der Waals surface area contributed by atoms with E-state index in [0.29, 0.717) is 10.6 Å². The predicted octanol–water partition coefficient (Wildman–Crippen LogP) is 1.12. The van der Waals surface area contributed by atoms with Crippen LogP contribution in [0.5, 0.6) is 0 Å². The predicted molar refractivity (Wildman–Crippen MR) is 92.4 cm³/mol. The summed E-state index contributed by atoms with van der Waals surface area (Å²) in [7, 11) is 0. The molecule has 9 heteroatoms. The fourth-order valence-corrected chi connectivity index (χ4v) is 2.87. The van der Waals surface area contributed by atoms with Crippen LogP contribution in [-0.2, 0) is 14.4 Å². The highest BCUT2D eigenvalue weighted by Crippen LogP contribution is 2.16. The average molecular weight is 382 g/mol. The van der Waals surface area contributed by atoms with Crippen LogP contribution < -0.4 is 10.8 Å². The van der Waals surface area contributed by atoms with Crippen LogP contribution in [0.4, 0.5) is 0 Å². The lowest BCUT2D eigenvalue weighted by Gasteiger charge is -2.25. The van der Waals surface area contributed by atoms with Gasteiger partial charge >= 0.3 is 0 Å². The second kappa shape index (κ2) is 8.77.